The summed E-state index contributed by atoms with van der Waals surface area (Å²) in [6.07, 6.45) is 2.12. The Morgan fingerprint density at radius 3 is 2.63 bits per heavy atom. The summed E-state index contributed by atoms with van der Waals surface area (Å²) >= 11 is 0. The van der Waals surface area contributed by atoms with Crippen molar-refractivity contribution in [3.63, 3.8) is 0 Å². The van der Waals surface area contributed by atoms with Crippen molar-refractivity contribution in [1.29, 1.82) is 0 Å². The number of rotatable bonds is 14. The normalized spacial score (nSPS) is 21.7. The number of nitrogens with one attached hydrogen (secondary N) is 2. The van der Waals surface area contributed by atoms with Crippen LogP contribution in [0.15, 0.2) is 72.4 Å². The van der Waals surface area contributed by atoms with E-state index in [1.54, 1.807) is 20.1 Å². The van der Waals surface area contributed by atoms with Crippen LogP contribution in [0, 0.1) is 11.8 Å². The van der Waals surface area contributed by atoms with E-state index in [0.29, 0.717) is 35.6 Å². The summed E-state index contributed by atoms with van der Waals surface area (Å²) in [4.78, 5) is 50.0. The zero-order chi connectivity index (χ0) is 35.1. The van der Waals surface area contributed by atoms with E-state index < -0.39 is 41.6 Å². The Hall–Kier alpha value is -5.29. The molecule has 1 aromatic heterocycles. The number of carbonyl (C=O) groups is 3. The second-order valence-electron chi connectivity index (χ2n) is 12.8. The first-order valence-electron chi connectivity index (χ1n) is 16.5. The number of urea groups is 1. The van der Waals surface area contributed by atoms with Gasteiger partial charge >= 0.3 is 12.0 Å². The molecule has 0 bridgehead atoms. The van der Waals surface area contributed by atoms with Crippen LogP contribution >= 0.6 is 0 Å². The van der Waals surface area contributed by atoms with E-state index in [1.165, 1.54) is 4.90 Å². The number of pyridine rings is 1. The number of benzene rings is 2. The summed E-state index contributed by atoms with van der Waals surface area (Å²) in [6, 6.07) is 15.2. The predicted octanol–water partition coefficient (Wildman–Crippen LogP) is 5.79. The van der Waals surface area contributed by atoms with Gasteiger partial charge in [0.25, 0.3) is 0 Å². The number of fused-ring (bicyclic) bond motifs is 1. The molecule has 49 heavy (non-hydrogen) atoms. The minimum absolute atomic E-state index is 0.0623. The summed E-state index contributed by atoms with van der Waals surface area (Å²) < 4.78 is 17.4. The molecule has 1 saturated heterocycles. The van der Waals surface area contributed by atoms with Gasteiger partial charge < -0.3 is 29.7 Å². The van der Waals surface area contributed by atoms with Gasteiger partial charge in [0.15, 0.2) is 0 Å². The Bertz CT molecular complexity index is 1740. The van der Waals surface area contributed by atoms with Gasteiger partial charge in [0, 0.05) is 52.9 Å². The Morgan fingerprint density at radius 2 is 1.98 bits per heavy atom. The third-order valence-electron chi connectivity index (χ3n) is 8.90. The highest BCUT2D eigenvalue weighted by atomic mass is 16.5. The van der Waals surface area contributed by atoms with Crippen LogP contribution in [-0.4, -0.2) is 78.3 Å². The van der Waals surface area contributed by atoms with Gasteiger partial charge in [-0.1, -0.05) is 55.4 Å². The van der Waals surface area contributed by atoms with Crippen molar-refractivity contribution < 1.29 is 28.6 Å². The van der Waals surface area contributed by atoms with Gasteiger partial charge in [-0.05, 0) is 43.3 Å². The average Bonchev–Trinajstić information content (AvgIpc) is 3.65. The lowest BCUT2D eigenvalue weighted by Crippen LogP contribution is -2.56. The molecule has 1 aliphatic carbocycles. The van der Waals surface area contributed by atoms with E-state index in [1.807, 2.05) is 68.4 Å². The third-order valence-corrected chi connectivity index (χ3v) is 8.90. The maximum atomic E-state index is 14.0. The molecule has 2 heterocycles. The van der Waals surface area contributed by atoms with Crippen molar-refractivity contribution in [3.05, 3.63) is 77.7 Å². The summed E-state index contributed by atoms with van der Waals surface area (Å²) in [7, 11) is 1.59. The zero-order valence-electron chi connectivity index (χ0n) is 28.3. The van der Waals surface area contributed by atoms with Gasteiger partial charge in [-0.2, -0.15) is 0 Å². The number of likely N-dealkylation sites (tertiary alicyclic amines) is 1. The maximum absolute atomic E-state index is 14.0. The molecular weight excluding hydrogens is 626 g/mol. The topological polar surface area (TPSA) is 168 Å². The number of methoxy groups -OCH3 is 1. The Labute approximate surface area is 285 Å². The summed E-state index contributed by atoms with van der Waals surface area (Å²) in [5, 5.41) is 10.3. The average molecular weight is 670 g/mol. The van der Waals surface area contributed by atoms with Gasteiger partial charge in [0.05, 0.1) is 31.5 Å². The molecule has 5 atom stereocenters. The minimum atomic E-state index is -1.23. The first-order chi connectivity index (χ1) is 23.6. The van der Waals surface area contributed by atoms with Gasteiger partial charge in [-0.3, -0.25) is 4.79 Å². The molecule has 2 N–H and O–H groups in total. The molecule has 2 aromatic carbocycles. The predicted molar refractivity (Wildman–Crippen MR) is 185 cm³/mol. The van der Waals surface area contributed by atoms with E-state index >= 15 is 0 Å². The summed E-state index contributed by atoms with van der Waals surface area (Å²) in [6.45, 7) is 9.83. The fraction of sp³-hybridized carbons (Fsp3) is 0.444. The van der Waals surface area contributed by atoms with Crippen LogP contribution in [0.5, 0.6) is 11.5 Å². The van der Waals surface area contributed by atoms with E-state index in [0.717, 1.165) is 10.9 Å². The van der Waals surface area contributed by atoms with Crippen LogP contribution in [-0.2, 0) is 14.3 Å². The lowest BCUT2D eigenvalue weighted by Gasteiger charge is -2.28. The lowest BCUT2D eigenvalue weighted by molar-refractivity contribution is -0.149. The molecule has 1 aliphatic heterocycles. The van der Waals surface area contributed by atoms with Crippen LogP contribution in [0.1, 0.15) is 40.0 Å². The van der Waals surface area contributed by atoms with E-state index in [-0.39, 0.29) is 38.0 Å². The molecule has 0 spiro atoms. The molecule has 0 radical (unpaired) electrons. The van der Waals surface area contributed by atoms with E-state index in [9.17, 15) is 14.4 Å². The van der Waals surface area contributed by atoms with Crippen LogP contribution in [0.3, 0.4) is 0 Å². The molecule has 258 valence electrons. The number of aromatic nitrogens is 1. The monoisotopic (exact) mass is 669 g/mol. The number of ether oxygens (including phenoxy) is 3. The van der Waals surface area contributed by atoms with Crippen molar-refractivity contribution in [2.45, 2.75) is 63.8 Å². The Balaban J connectivity index is 1.47. The number of hydrogen-bond donors (Lipinski definition) is 2. The molecule has 13 nitrogen and oxygen atoms in total. The van der Waals surface area contributed by atoms with Gasteiger partial charge in [-0.15, -0.1) is 6.58 Å². The van der Waals surface area contributed by atoms with E-state index in [4.69, 9.17) is 24.7 Å². The third kappa shape index (κ3) is 7.89. The first-order valence-corrected chi connectivity index (χ1v) is 16.5. The van der Waals surface area contributed by atoms with Crippen molar-refractivity contribution in [2.24, 2.45) is 17.0 Å². The first kappa shape index (κ1) is 35.0. The second kappa shape index (κ2) is 15.3. The fourth-order valence-electron chi connectivity index (χ4n) is 6.40. The van der Waals surface area contributed by atoms with E-state index in [2.05, 4.69) is 27.2 Å². The summed E-state index contributed by atoms with van der Waals surface area (Å²) in [5.74, 6) is 0.0668. The smallest absolute Gasteiger partial charge is 0.332 e. The Morgan fingerprint density at radius 1 is 1.20 bits per heavy atom. The number of amides is 3. The van der Waals surface area contributed by atoms with Crippen molar-refractivity contribution in [3.8, 4) is 22.8 Å². The lowest BCUT2D eigenvalue weighted by atomic mass is 10.0. The van der Waals surface area contributed by atoms with Gasteiger partial charge in [-0.25, -0.2) is 14.6 Å². The van der Waals surface area contributed by atoms with Gasteiger partial charge in [0.2, 0.25) is 5.91 Å². The highest BCUT2D eigenvalue weighted by Gasteiger charge is 2.62. The quantitative estimate of drug-likeness (QED) is 0.0720. The standard InChI is InChI=1S/C36H43N7O6/c1-6-24-19-36(24,34(45)48-7-2)41-33(44)31-17-27(21-43(31)35(46)39-25(15-22(3)4)20-38-42-37)49-32-18-29(23-11-9-8-10-12-23)40-30-16-26(47-5)13-14-28(30)32/h6,8-14,16,18,22,24-25,27,31H,1,7,15,17,19-21H2,2-5H3,(H,39,46)(H,41,44)/t24-,25+,27-,31+,36-/m1/s1. The largest absolute Gasteiger partial charge is 0.497 e. The minimum Gasteiger partial charge on any atom is -0.497 e. The molecule has 1 saturated carbocycles. The SMILES string of the molecule is C=C[C@@H]1C[C@]1(NC(=O)[C@@H]1C[C@@H](Oc2cc(-c3ccccc3)nc3cc(OC)ccc23)CN1C(=O)N[C@H](CN=[N+]=[N-])CC(C)C)C(=O)OCC. The molecule has 2 aliphatic rings. The number of hydrogen-bond acceptors (Lipinski definition) is 8. The van der Waals surface area contributed by atoms with Crippen LogP contribution in [0.4, 0.5) is 4.79 Å². The molecule has 3 aromatic rings. The molecule has 13 heteroatoms. The molecule has 0 unspecified atom stereocenters. The van der Waals surface area contributed by atoms with Crippen LogP contribution in [0.2, 0.25) is 0 Å². The zero-order valence-corrected chi connectivity index (χ0v) is 28.3. The Kier molecular flexibility index (Phi) is 10.9. The number of esters is 1. The fourth-order valence-corrected chi connectivity index (χ4v) is 6.40. The van der Waals surface area contributed by atoms with Crippen molar-refractivity contribution in [1.82, 2.24) is 20.5 Å². The highest BCUT2D eigenvalue weighted by Crippen LogP contribution is 2.46. The number of azide groups is 1. The highest BCUT2D eigenvalue weighted by molar-refractivity contribution is 5.95. The molecule has 3 amide bonds. The second-order valence-corrected chi connectivity index (χ2v) is 12.8. The summed E-state index contributed by atoms with van der Waals surface area (Å²) in [5.41, 5.74) is 9.94. The molecular formula is C36H43N7O6. The van der Waals surface area contributed by atoms with Crippen molar-refractivity contribution >= 4 is 28.8 Å². The van der Waals surface area contributed by atoms with Gasteiger partial charge in [0.1, 0.15) is 29.2 Å². The van der Waals surface area contributed by atoms with Crippen LogP contribution in [0.25, 0.3) is 32.6 Å². The molecule has 2 fully saturated rings. The van der Waals surface area contributed by atoms with Crippen LogP contribution < -0.4 is 20.1 Å². The number of carbonyl (C=O) groups excluding carboxylic acids is 3. The maximum Gasteiger partial charge on any atom is 0.332 e. The van der Waals surface area contributed by atoms with Crippen molar-refractivity contribution in [2.75, 3.05) is 26.8 Å². The number of nitrogens with zero attached hydrogens (tertiary/aromatic N) is 5. The molecule has 5 rings (SSSR count).